The van der Waals surface area contributed by atoms with E-state index in [1.165, 1.54) is 25.4 Å². The van der Waals surface area contributed by atoms with Crippen LogP contribution in [0.5, 0.6) is 0 Å². The zero-order valence-electron chi connectivity index (χ0n) is 12.7. The van der Waals surface area contributed by atoms with Crippen LogP contribution in [0.2, 0.25) is 0 Å². The molecule has 1 N–H and O–H groups in total. The largest absolute Gasteiger partial charge is 0.309 e. The molecule has 0 unspecified atom stereocenters. The molecule has 2 aromatic rings. The Hall–Kier alpha value is -1.25. The Morgan fingerprint density at radius 3 is 2.48 bits per heavy atom. The summed E-state index contributed by atoms with van der Waals surface area (Å²) in [5, 5.41) is 0.510. The van der Waals surface area contributed by atoms with E-state index < -0.39 is 10.0 Å². The third-order valence-corrected chi connectivity index (χ3v) is 6.27. The van der Waals surface area contributed by atoms with Crippen LogP contribution in [-0.2, 0) is 21.2 Å². The Morgan fingerprint density at radius 2 is 1.95 bits per heavy atom. The van der Waals surface area contributed by atoms with Crippen molar-refractivity contribution in [1.29, 1.82) is 0 Å². The van der Waals surface area contributed by atoms with Crippen LogP contribution in [0.25, 0.3) is 10.2 Å². The van der Waals surface area contributed by atoms with E-state index in [0.29, 0.717) is 10.2 Å². The van der Waals surface area contributed by atoms with Gasteiger partial charge in [-0.25, -0.2) is 17.7 Å². The van der Waals surface area contributed by atoms with Gasteiger partial charge < -0.3 is 4.98 Å². The van der Waals surface area contributed by atoms with Crippen LogP contribution < -0.4 is 5.56 Å². The second kappa shape index (κ2) is 5.19. The molecule has 0 amide bonds. The highest BCUT2D eigenvalue weighted by atomic mass is 32.2. The lowest BCUT2D eigenvalue weighted by Gasteiger charge is -2.14. The number of aromatic amines is 1. The van der Waals surface area contributed by atoms with E-state index in [1.54, 1.807) is 0 Å². The van der Waals surface area contributed by atoms with Gasteiger partial charge >= 0.3 is 0 Å². The van der Waals surface area contributed by atoms with Crippen molar-refractivity contribution in [2.75, 3.05) is 14.1 Å². The Bertz CT molecular complexity index is 826. The minimum Gasteiger partial charge on any atom is -0.309 e. The number of fused-ring (bicyclic) bond motifs is 1. The van der Waals surface area contributed by atoms with E-state index >= 15 is 0 Å². The van der Waals surface area contributed by atoms with Gasteiger partial charge in [0.1, 0.15) is 16.4 Å². The monoisotopic (exact) mass is 329 g/mol. The maximum absolute atomic E-state index is 12.1. The molecule has 0 spiro atoms. The smallest absolute Gasteiger partial charge is 0.259 e. The van der Waals surface area contributed by atoms with Crippen molar-refractivity contribution >= 4 is 31.6 Å². The lowest BCUT2D eigenvalue weighted by atomic mass is 9.94. The highest BCUT2D eigenvalue weighted by Crippen LogP contribution is 2.31. The molecule has 0 atom stereocenters. The molecule has 2 heterocycles. The number of rotatable bonds is 3. The molecule has 0 saturated carbocycles. The second-order valence-corrected chi connectivity index (χ2v) is 9.34. The Morgan fingerprint density at radius 1 is 1.33 bits per heavy atom. The standard InChI is InChI=1S/C13H19N3O3S2/c1-13(2,3)9-6-8-11(17)14-10(15-12(8)20-9)7-21(18,19)16(4)5/h6H,7H2,1-5H3,(H,14,15,17). The maximum atomic E-state index is 12.1. The minimum absolute atomic E-state index is 0.0757. The molecule has 2 aromatic heterocycles. The van der Waals surface area contributed by atoms with E-state index in [9.17, 15) is 13.2 Å². The number of aromatic nitrogens is 2. The van der Waals surface area contributed by atoms with Crippen LogP contribution in [0, 0.1) is 0 Å². The molecule has 0 saturated heterocycles. The molecule has 0 aromatic carbocycles. The molecular formula is C13H19N3O3S2. The van der Waals surface area contributed by atoms with Gasteiger partial charge in [-0.1, -0.05) is 20.8 Å². The molecule has 0 aliphatic rings. The number of hydrogen-bond donors (Lipinski definition) is 1. The van der Waals surface area contributed by atoms with Crippen molar-refractivity contribution in [3.05, 3.63) is 27.1 Å². The first kappa shape index (κ1) is 16.1. The summed E-state index contributed by atoms with van der Waals surface area (Å²) in [5.74, 6) is -0.142. The summed E-state index contributed by atoms with van der Waals surface area (Å²) in [6.07, 6.45) is 0. The van der Waals surface area contributed by atoms with Crippen LogP contribution >= 0.6 is 11.3 Å². The molecule has 8 heteroatoms. The number of hydrogen-bond acceptors (Lipinski definition) is 5. The molecule has 2 rings (SSSR count). The quantitative estimate of drug-likeness (QED) is 0.928. The van der Waals surface area contributed by atoms with Crippen molar-refractivity contribution in [2.24, 2.45) is 0 Å². The van der Waals surface area contributed by atoms with Crippen molar-refractivity contribution in [1.82, 2.24) is 14.3 Å². The average molecular weight is 329 g/mol. The highest BCUT2D eigenvalue weighted by molar-refractivity contribution is 7.88. The summed E-state index contributed by atoms with van der Waals surface area (Å²) in [5.41, 5.74) is -0.371. The molecule has 21 heavy (non-hydrogen) atoms. The second-order valence-electron chi connectivity index (χ2n) is 6.13. The molecule has 0 aliphatic carbocycles. The van der Waals surface area contributed by atoms with Gasteiger partial charge in [0.15, 0.2) is 0 Å². The van der Waals surface area contributed by atoms with E-state index in [0.717, 1.165) is 9.18 Å². The fourth-order valence-corrected chi connectivity index (χ4v) is 3.57. The fourth-order valence-electron chi connectivity index (χ4n) is 1.72. The van der Waals surface area contributed by atoms with Crippen molar-refractivity contribution in [2.45, 2.75) is 31.9 Å². The predicted octanol–water partition coefficient (Wildman–Crippen LogP) is 1.67. The molecule has 0 bridgehead atoms. The number of sulfonamides is 1. The van der Waals surface area contributed by atoms with Crippen molar-refractivity contribution < 1.29 is 8.42 Å². The summed E-state index contributed by atoms with van der Waals surface area (Å²) < 4.78 is 24.9. The summed E-state index contributed by atoms with van der Waals surface area (Å²) in [6.45, 7) is 6.18. The zero-order chi connectivity index (χ0) is 16.0. The normalized spacial score (nSPS) is 13.2. The third kappa shape index (κ3) is 3.33. The maximum Gasteiger partial charge on any atom is 0.259 e. The highest BCUT2D eigenvalue weighted by Gasteiger charge is 2.21. The van der Waals surface area contributed by atoms with Gasteiger partial charge in [0.05, 0.1) is 5.39 Å². The number of H-pyrrole nitrogens is 1. The lowest BCUT2D eigenvalue weighted by Crippen LogP contribution is -2.25. The first-order valence-electron chi connectivity index (χ1n) is 6.44. The van der Waals surface area contributed by atoms with Crippen LogP contribution in [-0.4, -0.2) is 36.8 Å². The van der Waals surface area contributed by atoms with E-state index in [1.807, 2.05) is 6.07 Å². The van der Waals surface area contributed by atoms with Crippen LogP contribution in [0.4, 0.5) is 0 Å². The number of thiophene rings is 1. The summed E-state index contributed by atoms with van der Waals surface area (Å²) in [6, 6.07) is 1.83. The topological polar surface area (TPSA) is 83.1 Å². The molecule has 0 fully saturated rings. The minimum atomic E-state index is -3.45. The summed E-state index contributed by atoms with van der Waals surface area (Å²) >= 11 is 1.43. The fraction of sp³-hybridized carbons (Fsp3) is 0.538. The van der Waals surface area contributed by atoms with Crippen LogP contribution in [0.15, 0.2) is 10.9 Å². The van der Waals surface area contributed by atoms with Gasteiger partial charge in [-0.05, 0) is 11.5 Å². The first-order valence-corrected chi connectivity index (χ1v) is 8.87. The van der Waals surface area contributed by atoms with E-state index in [-0.39, 0.29) is 22.6 Å². The average Bonchev–Trinajstić information content (AvgIpc) is 2.72. The lowest BCUT2D eigenvalue weighted by molar-refractivity contribution is 0.518. The molecular weight excluding hydrogens is 310 g/mol. The van der Waals surface area contributed by atoms with Crippen LogP contribution in [0.3, 0.4) is 0 Å². The SMILES string of the molecule is CN(C)S(=O)(=O)Cc1nc2sc(C(C)(C)C)cc2c(=O)[nH]1. The van der Waals surface area contributed by atoms with Crippen LogP contribution in [0.1, 0.15) is 31.5 Å². The van der Waals surface area contributed by atoms with Gasteiger partial charge in [-0.2, -0.15) is 0 Å². The zero-order valence-corrected chi connectivity index (χ0v) is 14.4. The molecule has 116 valence electrons. The van der Waals surface area contributed by atoms with Gasteiger partial charge in [-0.15, -0.1) is 11.3 Å². The van der Waals surface area contributed by atoms with E-state index in [4.69, 9.17) is 0 Å². The summed E-state index contributed by atoms with van der Waals surface area (Å²) in [4.78, 5) is 20.6. The first-order chi connectivity index (χ1) is 9.50. The van der Waals surface area contributed by atoms with Gasteiger partial charge in [0.2, 0.25) is 10.0 Å². The Balaban J connectivity index is 2.53. The number of nitrogens with zero attached hydrogens (tertiary/aromatic N) is 2. The van der Waals surface area contributed by atoms with E-state index in [2.05, 4.69) is 30.7 Å². The molecule has 6 nitrogen and oxygen atoms in total. The Labute approximate surface area is 127 Å². The third-order valence-electron chi connectivity index (χ3n) is 3.07. The summed E-state index contributed by atoms with van der Waals surface area (Å²) in [7, 11) is -0.547. The van der Waals surface area contributed by atoms with Crippen molar-refractivity contribution in [3.8, 4) is 0 Å². The van der Waals surface area contributed by atoms with Gasteiger partial charge in [-0.3, -0.25) is 4.79 Å². The van der Waals surface area contributed by atoms with Gasteiger partial charge in [0.25, 0.3) is 5.56 Å². The van der Waals surface area contributed by atoms with Gasteiger partial charge in [0, 0.05) is 19.0 Å². The predicted molar refractivity (Wildman–Crippen MR) is 85.3 cm³/mol. The molecule has 0 radical (unpaired) electrons. The number of nitrogens with one attached hydrogen (secondary N) is 1. The van der Waals surface area contributed by atoms with Crippen molar-refractivity contribution in [3.63, 3.8) is 0 Å². The Kier molecular flexibility index (Phi) is 3.98. The molecule has 0 aliphatic heterocycles.